The molecule has 0 radical (unpaired) electrons. The van der Waals surface area contributed by atoms with Crippen LogP contribution in [-0.2, 0) is 13.1 Å². The highest BCUT2D eigenvalue weighted by molar-refractivity contribution is 9.10. The fraction of sp³-hybridized carbons (Fsp3) is 0.154. The molecule has 4 heteroatoms. The highest BCUT2D eigenvalue weighted by Crippen LogP contribution is 2.14. The third-order valence-electron chi connectivity index (χ3n) is 2.28. The van der Waals surface area contributed by atoms with E-state index in [1.54, 1.807) is 6.20 Å². The second-order valence-corrected chi connectivity index (χ2v) is 4.62. The number of aromatic nitrogens is 1. The van der Waals surface area contributed by atoms with E-state index >= 15 is 0 Å². The van der Waals surface area contributed by atoms with E-state index in [0.29, 0.717) is 13.1 Å². The number of halogens is 2. The quantitative estimate of drug-likeness (QED) is 0.936. The number of nitrogens with zero attached hydrogens (tertiary/aromatic N) is 1. The summed E-state index contributed by atoms with van der Waals surface area (Å²) in [5.41, 5.74) is 1.88. The molecule has 2 aromatic rings. The predicted octanol–water partition coefficient (Wildman–Crippen LogP) is 3.27. The number of nitrogens with one attached hydrogen (secondary N) is 1. The van der Waals surface area contributed by atoms with Gasteiger partial charge in [0.15, 0.2) is 0 Å². The Kier molecular flexibility index (Phi) is 4.23. The molecule has 1 N–H and O–H groups in total. The minimum absolute atomic E-state index is 0.228. The first-order valence-corrected chi connectivity index (χ1v) is 6.09. The van der Waals surface area contributed by atoms with Crippen LogP contribution in [0.15, 0.2) is 47.1 Å². The van der Waals surface area contributed by atoms with Crippen LogP contribution in [0.1, 0.15) is 11.3 Å². The molecule has 0 amide bonds. The van der Waals surface area contributed by atoms with Gasteiger partial charge >= 0.3 is 0 Å². The summed E-state index contributed by atoms with van der Waals surface area (Å²) >= 11 is 3.27. The van der Waals surface area contributed by atoms with Gasteiger partial charge in [0.2, 0.25) is 0 Å². The highest BCUT2D eigenvalue weighted by Gasteiger charge is 1.99. The zero-order chi connectivity index (χ0) is 12.1. The molecule has 0 bridgehead atoms. The van der Waals surface area contributed by atoms with Gasteiger partial charge in [0.25, 0.3) is 0 Å². The van der Waals surface area contributed by atoms with Gasteiger partial charge in [-0.1, -0.05) is 22.0 Å². The van der Waals surface area contributed by atoms with Crippen LogP contribution in [0.2, 0.25) is 0 Å². The van der Waals surface area contributed by atoms with Crippen molar-refractivity contribution in [3.05, 3.63) is 64.1 Å². The smallest absolute Gasteiger partial charge is 0.124 e. The summed E-state index contributed by atoms with van der Waals surface area (Å²) < 4.78 is 13.9. The maximum atomic E-state index is 13.1. The van der Waals surface area contributed by atoms with Crippen LogP contribution < -0.4 is 5.32 Å². The predicted molar refractivity (Wildman–Crippen MR) is 68.9 cm³/mol. The fourth-order valence-corrected chi connectivity index (χ4v) is 2.06. The summed E-state index contributed by atoms with van der Waals surface area (Å²) in [5.74, 6) is -0.228. The summed E-state index contributed by atoms with van der Waals surface area (Å²) in [7, 11) is 0. The Balaban J connectivity index is 1.90. The van der Waals surface area contributed by atoms with E-state index in [0.717, 1.165) is 15.7 Å². The lowest BCUT2D eigenvalue weighted by atomic mass is 10.2. The Labute approximate surface area is 108 Å². The van der Waals surface area contributed by atoms with Gasteiger partial charge in [0, 0.05) is 23.8 Å². The summed E-state index contributed by atoms with van der Waals surface area (Å²) in [6.07, 6.45) is 1.76. The lowest BCUT2D eigenvalue weighted by molar-refractivity contribution is 0.618. The molecule has 1 heterocycles. The molecule has 1 aromatic carbocycles. The van der Waals surface area contributed by atoms with Gasteiger partial charge in [-0.2, -0.15) is 0 Å². The second-order valence-electron chi connectivity index (χ2n) is 3.70. The molecule has 0 aliphatic rings. The van der Waals surface area contributed by atoms with E-state index in [-0.39, 0.29) is 5.82 Å². The Bertz CT molecular complexity index is 468. The normalized spacial score (nSPS) is 10.5. The standard InChI is InChI=1S/C13H12BrFN2/c14-11-5-10(6-12(15)7-11)8-16-9-13-3-1-2-4-17-13/h1-7,16H,8-9H2. The lowest BCUT2D eigenvalue weighted by Crippen LogP contribution is -2.13. The van der Waals surface area contributed by atoms with Gasteiger partial charge in [0.1, 0.15) is 5.82 Å². The first kappa shape index (κ1) is 12.2. The van der Waals surface area contributed by atoms with Crippen LogP contribution in [0.4, 0.5) is 4.39 Å². The molecule has 0 saturated heterocycles. The van der Waals surface area contributed by atoms with Gasteiger partial charge in [-0.3, -0.25) is 4.98 Å². The fourth-order valence-electron chi connectivity index (χ4n) is 1.55. The number of benzene rings is 1. The van der Waals surface area contributed by atoms with Gasteiger partial charge < -0.3 is 5.32 Å². The third-order valence-corrected chi connectivity index (χ3v) is 2.74. The van der Waals surface area contributed by atoms with Crippen molar-refractivity contribution in [1.29, 1.82) is 0 Å². The van der Waals surface area contributed by atoms with E-state index in [2.05, 4.69) is 26.2 Å². The van der Waals surface area contributed by atoms with E-state index < -0.39 is 0 Å². The third kappa shape index (κ3) is 3.91. The second kappa shape index (κ2) is 5.89. The van der Waals surface area contributed by atoms with Crippen LogP contribution in [0.25, 0.3) is 0 Å². The Morgan fingerprint density at radius 3 is 2.76 bits per heavy atom. The molecule has 2 nitrogen and oxygen atoms in total. The maximum absolute atomic E-state index is 13.1. The molecular weight excluding hydrogens is 283 g/mol. The van der Waals surface area contributed by atoms with Crippen molar-refractivity contribution in [1.82, 2.24) is 10.3 Å². The van der Waals surface area contributed by atoms with Crippen molar-refractivity contribution in [2.45, 2.75) is 13.1 Å². The molecule has 17 heavy (non-hydrogen) atoms. The van der Waals surface area contributed by atoms with Crippen LogP contribution in [0.3, 0.4) is 0 Å². The molecular formula is C13H12BrFN2. The van der Waals surface area contributed by atoms with Crippen molar-refractivity contribution in [2.75, 3.05) is 0 Å². The zero-order valence-corrected chi connectivity index (χ0v) is 10.7. The first-order valence-electron chi connectivity index (χ1n) is 5.29. The maximum Gasteiger partial charge on any atom is 0.124 e. The summed E-state index contributed by atoms with van der Waals surface area (Å²) in [4.78, 5) is 4.20. The van der Waals surface area contributed by atoms with Crippen molar-refractivity contribution in [2.24, 2.45) is 0 Å². The Hall–Kier alpha value is -1.26. The average Bonchev–Trinajstić information content (AvgIpc) is 2.29. The average molecular weight is 295 g/mol. The number of rotatable bonds is 4. The Morgan fingerprint density at radius 1 is 1.18 bits per heavy atom. The molecule has 2 rings (SSSR count). The van der Waals surface area contributed by atoms with Crippen LogP contribution in [-0.4, -0.2) is 4.98 Å². The molecule has 0 aliphatic heterocycles. The van der Waals surface area contributed by atoms with Crippen LogP contribution in [0.5, 0.6) is 0 Å². The number of hydrogen-bond acceptors (Lipinski definition) is 2. The monoisotopic (exact) mass is 294 g/mol. The summed E-state index contributed by atoms with van der Waals surface area (Å²) in [5, 5.41) is 3.22. The van der Waals surface area contributed by atoms with Crippen LogP contribution >= 0.6 is 15.9 Å². The van der Waals surface area contributed by atoms with E-state index in [1.807, 2.05) is 24.3 Å². The van der Waals surface area contributed by atoms with E-state index in [9.17, 15) is 4.39 Å². The van der Waals surface area contributed by atoms with Crippen molar-refractivity contribution < 1.29 is 4.39 Å². The van der Waals surface area contributed by atoms with Crippen molar-refractivity contribution in [3.8, 4) is 0 Å². The topological polar surface area (TPSA) is 24.9 Å². The minimum Gasteiger partial charge on any atom is -0.307 e. The molecule has 0 spiro atoms. The summed E-state index contributed by atoms with van der Waals surface area (Å²) in [6.45, 7) is 1.29. The molecule has 1 aromatic heterocycles. The SMILES string of the molecule is Fc1cc(Br)cc(CNCc2ccccn2)c1. The molecule has 0 aliphatic carbocycles. The Morgan fingerprint density at radius 2 is 2.06 bits per heavy atom. The van der Waals surface area contributed by atoms with Crippen molar-refractivity contribution in [3.63, 3.8) is 0 Å². The highest BCUT2D eigenvalue weighted by atomic mass is 79.9. The van der Waals surface area contributed by atoms with Gasteiger partial charge in [0.05, 0.1) is 5.69 Å². The molecule has 0 unspecified atom stereocenters. The summed E-state index contributed by atoms with van der Waals surface area (Å²) in [6, 6.07) is 10.7. The molecule has 0 fully saturated rings. The molecule has 88 valence electrons. The van der Waals surface area contributed by atoms with Gasteiger partial charge in [-0.05, 0) is 35.9 Å². The largest absolute Gasteiger partial charge is 0.307 e. The molecule has 0 atom stereocenters. The van der Waals surface area contributed by atoms with E-state index in [1.165, 1.54) is 12.1 Å². The van der Waals surface area contributed by atoms with Crippen molar-refractivity contribution >= 4 is 15.9 Å². The number of pyridine rings is 1. The van der Waals surface area contributed by atoms with Gasteiger partial charge in [-0.25, -0.2) is 4.39 Å². The molecule has 0 saturated carbocycles. The number of hydrogen-bond donors (Lipinski definition) is 1. The van der Waals surface area contributed by atoms with Gasteiger partial charge in [-0.15, -0.1) is 0 Å². The van der Waals surface area contributed by atoms with Crippen LogP contribution in [0, 0.1) is 5.82 Å². The minimum atomic E-state index is -0.228. The zero-order valence-electron chi connectivity index (χ0n) is 9.16. The first-order chi connectivity index (χ1) is 8.24. The van der Waals surface area contributed by atoms with E-state index in [4.69, 9.17) is 0 Å². The lowest BCUT2D eigenvalue weighted by Gasteiger charge is -2.05.